The molecule has 18 heavy (non-hydrogen) atoms. The van der Waals surface area contributed by atoms with E-state index in [0.29, 0.717) is 22.5 Å². The normalized spacial score (nSPS) is 14.5. The number of carbonyl (C=O) groups is 1. The lowest BCUT2D eigenvalue weighted by Gasteiger charge is -1.96. The molecule has 2 aromatic rings. The third-order valence-corrected chi connectivity index (χ3v) is 3.04. The highest BCUT2D eigenvalue weighted by atomic mass is 35.5. The molecule has 0 spiro atoms. The zero-order valence-corrected chi connectivity index (χ0v) is 10.3. The van der Waals surface area contributed by atoms with Crippen molar-refractivity contribution in [3.05, 3.63) is 41.0 Å². The van der Waals surface area contributed by atoms with Gasteiger partial charge in [0.25, 0.3) is 5.91 Å². The van der Waals surface area contributed by atoms with E-state index in [1.54, 1.807) is 18.2 Å². The topological polar surface area (TPSA) is 55.1 Å². The molecule has 1 aromatic carbocycles. The summed E-state index contributed by atoms with van der Waals surface area (Å²) >= 11 is 5.81. The molecule has 0 bridgehead atoms. The molecule has 0 unspecified atom stereocenters. The average molecular weight is 263 g/mol. The molecule has 1 aliphatic carbocycles. The smallest absolute Gasteiger partial charge is 0.273 e. The third-order valence-electron chi connectivity index (χ3n) is 2.78. The minimum Gasteiger partial charge on any atom is -0.355 e. The van der Waals surface area contributed by atoms with Crippen LogP contribution >= 0.6 is 11.6 Å². The predicted octanol–water partition coefficient (Wildman–Crippen LogP) is 2.89. The first-order valence-electron chi connectivity index (χ1n) is 5.76. The van der Waals surface area contributed by atoms with Gasteiger partial charge in [0, 0.05) is 22.7 Å². The monoisotopic (exact) mass is 262 g/mol. The van der Waals surface area contributed by atoms with Gasteiger partial charge >= 0.3 is 0 Å². The summed E-state index contributed by atoms with van der Waals surface area (Å²) in [5, 5.41) is 7.29. The van der Waals surface area contributed by atoms with Crippen molar-refractivity contribution in [2.75, 3.05) is 0 Å². The molecule has 1 N–H and O–H groups in total. The van der Waals surface area contributed by atoms with E-state index in [1.165, 1.54) is 0 Å². The van der Waals surface area contributed by atoms with Gasteiger partial charge in [-0.3, -0.25) is 4.79 Å². The van der Waals surface area contributed by atoms with E-state index in [4.69, 9.17) is 16.1 Å². The van der Waals surface area contributed by atoms with Crippen LogP contribution < -0.4 is 5.32 Å². The van der Waals surface area contributed by atoms with Crippen LogP contribution in [0.5, 0.6) is 0 Å². The van der Waals surface area contributed by atoms with Crippen LogP contribution in [0.15, 0.2) is 34.9 Å². The van der Waals surface area contributed by atoms with Crippen molar-refractivity contribution in [1.29, 1.82) is 0 Å². The molecule has 1 fully saturated rings. The molecular formula is C13H11ClN2O2. The van der Waals surface area contributed by atoms with Gasteiger partial charge in [-0.05, 0) is 37.1 Å². The SMILES string of the molecule is O=C(NC1CC1)c1cc(-c2ccc(Cl)cc2)on1. The second-order valence-electron chi connectivity index (χ2n) is 4.33. The lowest BCUT2D eigenvalue weighted by atomic mass is 10.1. The van der Waals surface area contributed by atoms with E-state index < -0.39 is 0 Å². The van der Waals surface area contributed by atoms with Crippen LogP contribution in [-0.4, -0.2) is 17.1 Å². The van der Waals surface area contributed by atoms with E-state index in [1.807, 2.05) is 12.1 Å². The number of carbonyl (C=O) groups excluding carboxylic acids is 1. The molecule has 1 heterocycles. The number of amides is 1. The van der Waals surface area contributed by atoms with Crippen LogP contribution in [-0.2, 0) is 0 Å². The molecule has 1 saturated carbocycles. The average Bonchev–Trinajstić information content (AvgIpc) is 3.04. The first-order chi connectivity index (χ1) is 8.72. The molecule has 92 valence electrons. The summed E-state index contributed by atoms with van der Waals surface area (Å²) in [6, 6.07) is 9.14. The lowest BCUT2D eigenvalue weighted by molar-refractivity contribution is 0.0942. The Morgan fingerprint density at radius 1 is 1.33 bits per heavy atom. The van der Waals surface area contributed by atoms with Gasteiger partial charge in [0.1, 0.15) is 0 Å². The van der Waals surface area contributed by atoms with Crippen LogP contribution in [0.3, 0.4) is 0 Å². The van der Waals surface area contributed by atoms with Crippen molar-refractivity contribution in [3.63, 3.8) is 0 Å². The molecular weight excluding hydrogens is 252 g/mol. The molecule has 0 radical (unpaired) electrons. The highest BCUT2D eigenvalue weighted by Gasteiger charge is 2.25. The maximum atomic E-state index is 11.7. The first-order valence-corrected chi connectivity index (χ1v) is 6.14. The van der Waals surface area contributed by atoms with Crippen LogP contribution in [0.4, 0.5) is 0 Å². The third kappa shape index (κ3) is 2.38. The summed E-state index contributed by atoms with van der Waals surface area (Å²) < 4.78 is 5.16. The van der Waals surface area contributed by atoms with E-state index in [2.05, 4.69) is 10.5 Å². The number of hydrogen-bond acceptors (Lipinski definition) is 3. The Labute approximate surface area is 109 Å². The number of nitrogens with zero attached hydrogens (tertiary/aromatic N) is 1. The standard InChI is InChI=1S/C13H11ClN2O2/c14-9-3-1-8(2-4-9)12-7-11(16-18-12)13(17)15-10-5-6-10/h1-4,7,10H,5-6H2,(H,15,17). The Kier molecular flexibility index (Phi) is 2.80. The largest absolute Gasteiger partial charge is 0.355 e. The Bertz CT molecular complexity index is 573. The molecule has 4 nitrogen and oxygen atoms in total. The summed E-state index contributed by atoms with van der Waals surface area (Å²) in [5.41, 5.74) is 1.16. The predicted molar refractivity (Wildman–Crippen MR) is 67.4 cm³/mol. The quantitative estimate of drug-likeness (QED) is 0.925. The van der Waals surface area contributed by atoms with Gasteiger partial charge in [-0.1, -0.05) is 16.8 Å². The van der Waals surface area contributed by atoms with E-state index in [9.17, 15) is 4.79 Å². The molecule has 1 aliphatic rings. The number of nitrogens with one attached hydrogen (secondary N) is 1. The Morgan fingerprint density at radius 3 is 2.72 bits per heavy atom. The van der Waals surface area contributed by atoms with Gasteiger partial charge in [0.15, 0.2) is 11.5 Å². The second-order valence-corrected chi connectivity index (χ2v) is 4.77. The Balaban J connectivity index is 1.79. The highest BCUT2D eigenvalue weighted by Crippen LogP contribution is 2.23. The minimum atomic E-state index is -0.179. The van der Waals surface area contributed by atoms with Gasteiger partial charge in [-0.15, -0.1) is 0 Å². The van der Waals surface area contributed by atoms with Crippen LogP contribution in [0.25, 0.3) is 11.3 Å². The second kappa shape index (κ2) is 4.46. The zero-order valence-electron chi connectivity index (χ0n) is 9.52. The first kappa shape index (κ1) is 11.3. The van der Waals surface area contributed by atoms with Crippen LogP contribution in [0.1, 0.15) is 23.3 Å². The van der Waals surface area contributed by atoms with Crippen molar-refractivity contribution in [3.8, 4) is 11.3 Å². The summed E-state index contributed by atoms with van der Waals surface area (Å²) in [6.45, 7) is 0. The Hall–Kier alpha value is -1.81. The highest BCUT2D eigenvalue weighted by molar-refractivity contribution is 6.30. The van der Waals surface area contributed by atoms with Gasteiger partial charge in [0.05, 0.1) is 0 Å². The summed E-state index contributed by atoms with van der Waals surface area (Å²) in [7, 11) is 0. The minimum absolute atomic E-state index is 0.179. The molecule has 0 saturated heterocycles. The molecule has 5 heteroatoms. The van der Waals surface area contributed by atoms with Crippen LogP contribution in [0, 0.1) is 0 Å². The zero-order chi connectivity index (χ0) is 12.5. The van der Waals surface area contributed by atoms with Gasteiger partial charge in [-0.2, -0.15) is 0 Å². The number of halogens is 1. The van der Waals surface area contributed by atoms with Crippen molar-refractivity contribution in [2.24, 2.45) is 0 Å². The fraction of sp³-hybridized carbons (Fsp3) is 0.231. The van der Waals surface area contributed by atoms with Crippen molar-refractivity contribution in [1.82, 2.24) is 10.5 Å². The fourth-order valence-corrected chi connectivity index (χ4v) is 1.75. The lowest BCUT2D eigenvalue weighted by Crippen LogP contribution is -2.25. The number of rotatable bonds is 3. The molecule has 1 amide bonds. The van der Waals surface area contributed by atoms with Crippen molar-refractivity contribution in [2.45, 2.75) is 18.9 Å². The van der Waals surface area contributed by atoms with E-state index in [0.717, 1.165) is 18.4 Å². The van der Waals surface area contributed by atoms with Gasteiger partial charge < -0.3 is 9.84 Å². The number of hydrogen-bond donors (Lipinski definition) is 1. The summed E-state index contributed by atoms with van der Waals surface area (Å²) in [4.78, 5) is 11.7. The summed E-state index contributed by atoms with van der Waals surface area (Å²) in [6.07, 6.45) is 2.10. The maximum absolute atomic E-state index is 11.7. The van der Waals surface area contributed by atoms with Crippen molar-refractivity contribution < 1.29 is 9.32 Å². The molecule has 0 atom stereocenters. The fourth-order valence-electron chi connectivity index (χ4n) is 1.62. The van der Waals surface area contributed by atoms with Crippen molar-refractivity contribution >= 4 is 17.5 Å². The van der Waals surface area contributed by atoms with Gasteiger partial charge in [-0.25, -0.2) is 0 Å². The van der Waals surface area contributed by atoms with E-state index >= 15 is 0 Å². The molecule has 3 rings (SSSR count). The number of aromatic nitrogens is 1. The van der Waals surface area contributed by atoms with Crippen LogP contribution in [0.2, 0.25) is 5.02 Å². The maximum Gasteiger partial charge on any atom is 0.273 e. The number of benzene rings is 1. The molecule has 0 aliphatic heterocycles. The Morgan fingerprint density at radius 2 is 2.06 bits per heavy atom. The molecule has 1 aromatic heterocycles. The summed E-state index contributed by atoms with van der Waals surface area (Å²) in [5.74, 6) is 0.383. The van der Waals surface area contributed by atoms with Gasteiger partial charge in [0.2, 0.25) is 0 Å². The van der Waals surface area contributed by atoms with E-state index in [-0.39, 0.29) is 5.91 Å².